The van der Waals surface area contributed by atoms with Crippen LogP contribution in [-0.4, -0.2) is 5.33 Å². The van der Waals surface area contributed by atoms with Gasteiger partial charge in [-0.25, -0.2) is 9.13 Å². The predicted molar refractivity (Wildman–Crippen MR) is 146 cm³/mol. The third-order valence-corrected chi connectivity index (χ3v) is 7.25. The number of aromatic nitrogens is 2. The van der Waals surface area contributed by atoms with Gasteiger partial charge in [-0.1, -0.05) is 99.9 Å². The maximum Gasteiger partial charge on any atom is 0.169 e. The molecular formula is C30H49Br3N2. The van der Waals surface area contributed by atoms with Crippen molar-refractivity contribution in [2.45, 2.75) is 123 Å². The molecular weight excluding hydrogens is 628 g/mol. The van der Waals surface area contributed by atoms with Gasteiger partial charge < -0.3 is 34.0 Å². The monoisotopic (exact) mass is 674 g/mol. The number of unbranched alkanes of at least 4 members (excludes halogenated alkanes) is 14. The zero-order chi connectivity index (χ0) is 23.4. The molecule has 2 nitrogen and oxygen atoms in total. The highest BCUT2D eigenvalue weighted by Crippen LogP contribution is 2.16. The van der Waals surface area contributed by atoms with Crippen molar-refractivity contribution < 1.29 is 43.1 Å². The Morgan fingerprint density at radius 2 is 0.800 bits per heavy atom. The molecule has 0 aromatic carbocycles. The summed E-state index contributed by atoms with van der Waals surface area (Å²) >= 11 is 3.51. The third-order valence-electron chi connectivity index (χ3n) is 6.69. The number of alkyl halides is 1. The molecule has 2 heterocycles. The summed E-state index contributed by atoms with van der Waals surface area (Å²) in [6, 6.07) is 8.99. The summed E-state index contributed by atoms with van der Waals surface area (Å²) in [7, 11) is 0. The first-order valence-electron chi connectivity index (χ1n) is 13.9. The lowest BCUT2D eigenvalue weighted by Crippen LogP contribution is -3.00. The number of rotatable bonds is 20. The van der Waals surface area contributed by atoms with Gasteiger partial charge in [0.05, 0.1) is 0 Å². The number of halogens is 3. The summed E-state index contributed by atoms with van der Waals surface area (Å²) in [6.07, 6.45) is 31.2. The summed E-state index contributed by atoms with van der Waals surface area (Å²) in [5, 5.41) is 1.09. The van der Waals surface area contributed by atoms with E-state index in [1.54, 1.807) is 0 Å². The van der Waals surface area contributed by atoms with Gasteiger partial charge in [0.25, 0.3) is 0 Å². The summed E-state index contributed by atoms with van der Waals surface area (Å²) in [6.45, 7) is 4.53. The van der Waals surface area contributed by atoms with Crippen LogP contribution < -0.4 is 43.1 Å². The van der Waals surface area contributed by atoms with E-state index in [0.29, 0.717) is 0 Å². The lowest BCUT2D eigenvalue weighted by atomic mass is 10.0. The maximum absolute atomic E-state index is 3.51. The zero-order valence-electron chi connectivity index (χ0n) is 22.1. The van der Waals surface area contributed by atoms with Crippen LogP contribution in [0.3, 0.4) is 0 Å². The summed E-state index contributed by atoms with van der Waals surface area (Å²) in [4.78, 5) is 0. The molecule has 35 heavy (non-hydrogen) atoms. The molecule has 0 N–H and O–H groups in total. The molecule has 0 fully saturated rings. The summed E-state index contributed by atoms with van der Waals surface area (Å²) in [5.74, 6) is 0. The van der Waals surface area contributed by atoms with Crippen molar-refractivity contribution in [2.75, 3.05) is 5.33 Å². The normalized spacial score (nSPS) is 10.6. The molecule has 0 spiro atoms. The molecule has 0 aliphatic rings. The van der Waals surface area contributed by atoms with E-state index in [1.165, 1.54) is 114 Å². The minimum Gasteiger partial charge on any atom is -1.00 e. The van der Waals surface area contributed by atoms with E-state index in [0.717, 1.165) is 18.4 Å². The first-order chi connectivity index (χ1) is 16.3. The van der Waals surface area contributed by atoms with Gasteiger partial charge in [0.1, 0.15) is 13.1 Å². The van der Waals surface area contributed by atoms with Crippen LogP contribution >= 0.6 is 15.9 Å². The highest BCUT2D eigenvalue weighted by molar-refractivity contribution is 9.09. The van der Waals surface area contributed by atoms with Crippen molar-refractivity contribution in [3.05, 3.63) is 49.1 Å². The van der Waals surface area contributed by atoms with Crippen LogP contribution in [-0.2, 0) is 13.1 Å². The van der Waals surface area contributed by atoms with Gasteiger partial charge >= 0.3 is 0 Å². The molecule has 0 saturated carbocycles. The van der Waals surface area contributed by atoms with Crippen LogP contribution in [0.4, 0.5) is 0 Å². The molecule has 2 aromatic heterocycles. The second-order valence-corrected chi connectivity index (χ2v) is 10.4. The van der Waals surface area contributed by atoms with E-state index < -0.39 is 0 Å². The van der Waals surface area contributed by atoms with E-state index in [1.807, 2.05) is 0 Å². The Morgan fingerprint density at radius 1 is 0.486 bits per heavy atom. The molecule has 0 amide bonds. The molecule has 200 valence electrons. The lowest BCUT2D eigenvalue weighted by Gasteiger charge is -2.03. The first-order valence-corrected chi connectivity index (χ1v) is 15.0. The Morgan fingerprint density at radius 3 is 1.14 bits per heavy atom. The minimum absolute atomic E-state index is 0. The average Bonchev–Trinajstić information content (AvgIpc) is 2.85. The van der Waals surface area contributed by atoms with E-state index in [-0.39, 0.29) is 34.0 Å². The Kier molecular flexibility index (Phi) is 23.9. The van der Waals surface area contributed by atoms with Gasteiger partial charge in [-0.3, -0.25) is 0 Å². The fourth-order valence-electron chi connectivity index (χ4n) is 4.48. The molecule has 0 aliphatic heterocycles. The summed E-state index contributed by atoms with van der Waals surface area (Å²) in [5.41, 5.74) is 2.61. The SMILES string of the molecule is CCCCCCCCCCCCCCCC[n+]1ccc(-c2cc[n+](CCCCBr)cc2)cc1.[Br-].[Br-]. The highest BCUT2D eigenvalue weighted by Gasteiger charge is 2.06. The molecule has 2 rings (SSSR count). The van der Waals surface area contributed by atoms with E-state index in [9.17, 15) is 0 Å². The Hall–Kier alpha value is -0.260. The molecule has 2 aromatic rings. The van der Waals surface area contributed by atoms with Crippen molar-refractivity contribution in [1.82, 2.24) is 0 Å². The van der Waals surface area contributed by atoms with Crippen LogP contribution in [0.2, 0.25) is 0 Å². The van der Waals surface area contributed by atoms with Gasteiger partial charge in [0.15, 0.2) is 24.8 Å². The van der Waals surface area contributed by atoms with E-state index in [4.69, 9.17) is 0 Å². The molecule has 5 heteroatoms. The highest BCUT2D eigenvalue weighted by atomic mass is 79.9. The number of hydrogen-bond acceptors (Lipinski definition) is 0. The number of aryl methyl sites for hydroxylation is 2. The molecule has 0 unspecified atom stereocenters. The van der Waals surface area contributed by atoms with Crippen molar-refractivity contribution in [2.24, 2.45) is 0 Å². The maximum atomic E-state index is 3.51. The van der Waals surface area contributed by atoms with E-state index in [2.05, 4.69) is 81.0 Å². The Bertz CT molecular complexity index is 705. The molecule has 0 saturated heterocycles. The van der Waals surface area contributed by atoms with Crippen LogP contribution in [0.1, 0.15) is 110 Å². The zero-order valence-corrected chi connectivity index (χ0v) is 26.8. The van der Waals surface area contributed by atoms with Crippen molar-refractivity contribution in [3.8, 4) is 11.1 Å². The fraction of sp³-hybridized carbons (Fsp3) is 0.667. The van der Waals surface area contributed by atoms with E-state index >= 15 is 0 Å². The topological polar surface area (TPSA) is 7.76 Å². The predicted octanol–water partition coefficient (Wildman–Crippen LogP) is 2.59. The number of nitrogens with zero attached hydrogens (tertiary/aromatic N) is 2. The second kappa shape index (κ2) is 24.1. The fourth-order valence-corrected chi connectivity index (χ4v) is 4.87. The molecule has 0 aliphatic carbocycles. The Balaban J connectivity index is 0.00000578. The quantitative estimate of drug-likeness (QED) is 0.116. The molecule has 0 atom stereocenters. The van der Waals surface area contributed by atoms with Gasteiger partial charge in [0.2, 0.25) is 0 Å². The Labute approximate surface area is 246 Å². The number of pyridine rings is 2. The first kappa shape index (κ1) is 34.7. The summed E-state index contributed by atoms with van der Waals surface area (Å²) < 4.78 is 4.62. The van der Waals surface area contributed by atoms with Crippen LogP contribution in [0, 0.1) is 0 Å². The molecule has 0 bridgehead atoms. The van der Waals surface area contributed by atoms with Crippen LogP contribution in [0.25, 0.3) is 11.1 Å². The van der Waals surface area contributed by atoms with Crippen molar-refractivity contribution in [1.29, 1.82) is 0 Å². The largest absolute Gasteiger partial charge is 1.00 e. The average molecular weight is 677 g/mol. The smallest absolute Gasteiger partial charge is 0.169 e. The standard InChI is InChI=1S/C30H49BrN2.2BrH/c1-2-3-4-5-6-7-8-9-10-11-12-13-14-16-23-32-25-18-29(19-26-32)30-20-27-33(28-21-30)24-17-15-22-31;;/h18-21,25-28H,2-17,22-24H2,1H3;2*1H/q+2;;/p-2. The minimum atomic E-state index is 0. The van der Waals surface area contributed by atoms with Crippen LogP contribution in [0.5, 0.6) is 0 Å². The molecule has 0 radical (unpaired) electrons. The third kappa shape index (κ3) is 17.0. The van der Waals surface area contributed by atoms with Gasteiger partial charge in [-0.2, -0.15) is 0 Å². The van der Waals surface area contributed by atoms with Gasteiger partial charge in [-0.05, 0) is 24.0 Å². The van der Waals surface area contributed by atoms with Gasteiger partial charge in [-0.15, -0.1) is 0 Å². The van der Waals surface area contributed by atoms with Gasteiger partial charge in [0, 0.05) is 42.4 Å². The van der Waals surface area contributed by atoms with Crippen molar-refractivity contribution in [3.63, 3.8) is 0 Å². The van der Waals surface area contributed by atoms with Crippen molar-refractivity contribution >= 4 is 15.9 Å². The number of hydrogen-bond donors (Lipinski definition) is 0. The second-order valence-electron chi connectivity index (χ2n) is 9.64. The lowest BCUT2D eigenvalue weighted by molar-refractivity contribution is -0.697. The van der Waals surface area contributed by atoms with Crippen LogP contribution in [0.15, 0.2) is 49.1 Å².